The molecule has 0 radical (unpaired) electrons. The molecule has 27 heavy (non-hydrogen) atoms. The van der Waals surface area contributed by atoms with E-state index in [1.165, 1.54) is 67.2 Å². The molecule has 0 spiro atoms. The van der Waals surface area contributed by atoms with E-state index in [0.717, 1.165) is 24.7 Å². The Kier molecular flexibility index (Phi) is 7.56. The molecule has 1 aliphatic carbocycles. The lowest BCUT2D eigenvalue weighted by Gasteiger charge is -2.21. The molecule has 0 amide bonds. The van der Waals surface area contributed by atoms with Crippen LogP contribution in [0.3, 0.4) is 0 Å². The van der Waals surface area contributed by atoms with Crippen LogP contribution in [0.1, 0.15) is 70.8 Å². The Labute approximate surface area is 165 Å². The Hall–Kier alpha value is -2.02. The SMILES string of the molecule is CCCCCOc1ccc(-c2ccc(C3=CCC(CCC)CC3)cc2)cc1. The van der Waals surface area contributed by atoms with E-state index in [2.05, 4.69) is 68.5 Å². The Morgan fingerprint density at radius 1 is 0.815 bits per heavy atom. The summed E-state index contributed by atoms with van der Waals surface area (Å²) in [4.78, 5) is 0. The maximum atomic E-state index is 5.82. The van der Waals surface area contributed by atoms with E-state index < -0.39 is 0 Å². The van der Waals surface area contributed by atoms with Crippen LogP contribution in [-0.2, 0) is 0 Å². The summed E-state index contributed by atoms with van der Waals surface area (Å²) in [7, 11) is 0. The average molecular weight is 363 g/mol. The molecule has 0 bridgehead atoms. The molecular weight excluding hydrogens is 328 g/mol. The largest absolute Gasteiger partial charge is 0.494 e. The Bertz CT molecular complexity index is 709. The van der Waals surface area contributed by atoms with Crippen molar-refractivity contribution < 1.29 is 4.74 Å². The highest BCUT2D eigenvalue weighted by atomic mass is 16.5. The molecule has 0 fully saturated rings. The fraction of sp³-hybridized carbons (Fsp3) is 0.462. The van der Waals surface area contributed by atoms with Gasteiger partial charge in [-0.15, -0.1) is 0 Å². The predicted molar refractivity (Wildman–Crippen MR) is 117 cm³/mol. The van der Waals surface area contributed by atoms with Crippen LogP contribution in [-0.4, -0.2) is 6.61 Å². The van der Waals surface area contributed by atoms with Crippen molar-refractivity contribution in [2.75, 3.05) is 6.61 Å². The zero-order chi connectivity index (χ0) is 18.9. The smallest absolute Gasteiger partial charge is 0.119 e. The molecule has 1 aliphatic rings. The van der Waals surface area contributed by atoms with Gasteiger partial charge in [-0.2, -0.15) is 0 Å². The molecule has 2 aromatic rings. The van der Waals surface area contributed by atoms with E-state index in [0.29, 0.717) is 0 Å². The topological polar surface area (TPSA) is 9.23 Å². The van der Waals surface area contributed by atoms with E-state index in [4.69, 9.17) is 4.74 Å². The van der Waals surface area contributed by atoms with Gasteiger partial charge >= 0.3 is 0 Å². The normalized spacial score (nSPS) is 16.8. The van der Waals surface area contributed by atoms with Crippen LogP contribution in [0.15, 0.2) is 54.6 Å². The van der Waals surface area contributed by atoms with Crippen molar-refractivity contribution in [3.8, 4) is 16.9 Å². The lowest BCUT2D eigenvalue weighted by atomic mass is 9.84. The highest BCUT2D eigenvalue weighted by molar-refractivity contribution is 5.71. The van der Waals surface area contributed by atoms with Crippen LogP contribution in [0.4, 0.5) is 0 Å². The van der Waals surface area contributed by atoms with Crippen molar-refractivity contribution in [2.24, 2.45) is 5.92 Å². The molecule has 1 heteroatoms. The molecule has 2 aromatic carbocycles. The van der Waals surface area contributed by atoms with Gasteiger partial charge < -0.3 is 4.74 Å². The quantitative estimate of drug-likeness (QED) is 0.412. The predicted octanol–water partition coefficient (Wildman–Crippen LogP) is 7.91. The van der Waals surface area contributed by atoms with Crippen LogP contribution in [0, 0.1) is 5.92 Å². The Morgan fingerprint density at radius 2 is 1.48 bits per heavy atom. The van der Waals surface area contributed by atoms with Gasteiger partial charge in [0.05, 0.1) is 6.61 Å². The molecule has 1 unspecified atom stereocenters. The molecule has 0 saturated heterocycles. The van der Waals surface area contributed by atoms with Crippen LogP contribution in [0.2, 0.25) is 0 Å². The molecule has 0 saturated carbocycles. The summed E-state index contributed by atoms with van der Waals surface area (Å²) in [5.41, 5.74) is 5.45. The highest BCUT2D eigenvalue weighted by Crippen LogP contribution is 2.33. The molecule has 144 valence electrons. The summed E-state index contributed by atoms with van der Waals surface area (Å²) >= 11 is 0. The number of allylic oxidation sites excluding steroid dienone is 2. The molecule has 1 nitrogen and oxygen atoms in total. The summed E-state index contributed by atoms with van der Waals surface area (Å²) in [6.45, 7) is 5.33. The van der Waals surface area contributed by atoms with Gasteiger partial charge in [-0.05, 0) is 66.0 Å². The van der Waals surface area contributed by atoms with Crippen molar-refractivity contribution >= 4 is 5.57 Å². The summed E-state index contributed by atoms with van der Waals surface area (Å²) in [6.07, 6.45) is 12.6. The van der Waals surface area contributed by atoms with Gasteiger partial charge in [-0.25, -0.2) is 0 Å². The third-order valence-corrected chi connectivity index (χ3v) is 5.68. The minimum Gasteiger partial charge on any atom is -0.494 e. The molecule has 0 N–H and O–H groups in total. The number of benzene rings is 2. The van der Waals surface area contributed by atoms with Crippen molar-refractivity contribution in [2.45, 2.75) is 65.2 Å². The maximum Gasteiger partial charge on any atom is 0.119 e. The zero-order valence-electron chi connectivity index (χ0n) is 17.0. The first-order chi connectivity index (χ1) is 13.3. The van der Waals surface area contributed by atoms with Gasteiger partial charge in [0.2, 0.25) is 0 Å². The van der Waals surface area contributed by atoms with Crippen molar-refractivity contribution in [3.63, 3.8) is 0 Å². The Balaban J connectivity index is 1.59. The minimum absolute atomic E-state index is 0.816. The monoisotopic (exact) mass is 362 g/mol. The van der Waals surface area contributed by atoms with E-state index in [-0.39, 0.29) is 0 Å². The molecule has 0 heterocycles. The van der Waals surface area contributed by atoms with Gasteiger partial charge in [-0.3, -0.25) is 0 Å². The standard InChI is InChI=1S/C26H34O/c1-3-5-6-20-27-26-18-16-25(17-19-26)24-14-12-23(13-15-24)22-10-8-21(7-4-2)9-11-22/h10,12-19,21H,3-9,11,20H2,1-2H3. The van der Waals surface area contributed by atoms with Gasteiger partial charge in [-0.1, -0.05) is 82.0 Å². The van der Waals surface area contributed by atoms with Gasteiger partial charge in [0.25, 0.3) is 0 Å². The second-order valence-electron chi connectivity index (χ2n) is 7.82. The second kappa shape index (κ2) is 10.3. The maximum absolute atomic E-state index is 5.82. The van der Waals surface area contributed by atoms with Gasteiger partial charge in [0.15, 0.2) is 0 Å². The van der Waals surface area contributed by atoms with Crippen LogP contribution in [0.5, 0.6) is 5.75 Å². The summed E-state index contributed by atoms with van der Waals surface area (Å²) < 4.78 is 5.82. The molecule has 1 atom stereocenters. The first-order valence-corrected chi connectivity index (χ1v) is 10.8. The highest BCUT2D eigenvalue weighted by Gasteiger charge is 2.14. The molecule has 3 rings (SSSR count). The lowest BCUT2D eigenvalue weighted by Crippen LogP contribution is -2.04. The summed E-state index contributed by atoms with van der Waals surface area (Å²) in [6, 6.07) is 17.6. The zero-order valence-corrected chi connectivity index (χ0v) is 17.0. The molecule has 0 aliphatic heterocycles. The third-order valence-electron chi connectivity index (χ3n) is 5.68. The van der Waals surface area contributed by atoms with Crippen LogP contribution < -0.4 is 4.74 Å². The van der Waals surface area contributed by atoms with E-state index in [9.17, 15) is 0 Å². The summed E-state index contributed by atoms with van der Waals surface area (Å²) in [5.74, 6) is 1.88. The lowest BCUT2D eigenvalue weighted by molar-refractivity contribution is 0.306. The van der Waals surface area contributed by atoms with E-state index >= 15 is 0 Å². The van der Waals surface area contributed by atoms with Gasteiger partial charge in [0, 0.05) is 0 Å². The number of rotatable bonds is 9. The van der Waals surface area contributed by atoms with Crippen molar-refractivity contribution in [1.29, 1.82) is 0 Å². The second-order valence-corrected chi connectivity index (χ2v) is 7.82. The van der Waals surface area contributed by atoms with E-state index in [1.807, 2.05) is 0 Å². The number of hydrogen-bond donors (Lipinski definition) is 0. The van der Waals surface area contributed by atoms with Crippen LogP contribution >= 0.6 is 0 Å². The van der Waals surface area contributed by atoms with Gasteiger partial charge in [0.1, 0.15) is 5.75 Å². The fourth-order valence-corrected chi connectivity index (χ4v) is 3.98. The fourth-order valence-electron chi connectivity index (χ4n) is 3.98. The van der Waals surface area contributed by atoms with E-state index in [1.54, 1.807) is 0 Å². The van der Waals surface area contributed by atoms with Crippen molar-refractivity contribution in [3.05, 3.63) is 60.2 Å². The first-order valence-electron chi connectivity index (χ1n) is 10.8. The number of unbranched alkanes of at least 4 members (excludes halogenated alkanes) is 2. The minimum atomic E-state index is 0.816. The van der Waals surface area contributed by atoms with Crippen molar-refractivity contribution in [1.82, 2.24) is 0 Å². The number of hydrogen-bond acceptors (Lipinski definition) is 1. The number of ether oxygens (including phenoxy) is 1. The Morgan fingerprint density at radius 3 is 2.07 bits per heavy atom. The molecular formula is C26H34O. The third kappa shape index (κ3) is 5.73. The van der Waals surface area contributed by atoms with Crippen LogP contribution in [0.25, 0.3) is 16.7 Å². The first kappa shape index (κ1) is 19.7. The average Bonchev–Trinajstić information content (AvgIpc) is 2.73. The summed E-state index contributed by atoms with van der Waals surface area (Å²) in [5, 5.41) is 0. The molecule has 0 aromatic heterocycles.